The maximum absolute atomic E-state index is 5.82. The molecule has 1 aliphatic heterocycles. The Morgan fingerprint density at radius 2 is 2.44 bits per heavy atom. The van der Waals surface area contributed by atoms with E-state index in [1.807, 2.05) is 11.3 Å². The fourth-order valence-electron chi connectivity index (χ4n) is 2.34. The summed E-state index contributed by atoms with van der Waals surface area (Å²) in [5.41, 5.74) is 0. The van der Waals surface area contributed by atoms with Gasteiger partial charge in [-0.15, -0.1) is 22.9 Å². The second-order valence-corrected chi connectivity index (χ2v) is 6.74. The number of rotatable bonds is 4. The van der Waals surface area contributed by atoms with Gasteiger partial charge in [-0.2, -0.15) is 0 Å². The SMILES string of the molecule is ClCCC1CCCN(Cc2cc(Br)cs2)C1. The first-order valence-electron chi connectivity index (χ1n) is 5.79. The van der Waals surface area contributed by atoms with Crippen molar-refractivity contribution in [1.82, 2.24) is 4.90 Å². The number of hydrogen-bond acceptors (Lipinski definition) is 2. The Morgan fingerprint density at radius 1 is 1.56 bits per heavy atom. The van der Waals surface area contributed by atoms with Gasteiger partial charge in [0.05, 0.1) is 0 Å². The molecule has 1 aliphatic rings. The van der Waals surface area contributed by atoms with Gasteiger partial charge in [0.25, 0.3) is 0 Å². The largest absolute Gasteiger partial charge is 0.298 e. The topological polar surface area (TPSA) is 3.24 Å². The molecule has 0 aromatic carbocycles. The van der Waals surface area contributed by atoms with Crippen molar-refractivity contribution in [3.8, 4) is 0 Å². The average Bonchev–Trinajstić information content (AvgIpc) is 2.65. The predicted molar refractivity (Wildman–Crippen MR) is 75.4 cm³/mol. The molecule has 0 amide bonds. The van der Waals surface area contributed by atoms with E-state index < -0.39 is 0 Å². The highest BCUT2D eigenvalue weighted by Crippen LogP contribution is 2.25. The van der Waals surface area contributed by atoms with Gasteiger partial charge in [-0.3, -0.25) is 4.90 Å². The molecular formula is C12H17BrClNS. The molecular weight excluding hydrogens is 306 g/mol. The third kappa shape index (κ3) is 3.73. The molecule has 4 heteroatoms. The number of halogens is 2. The van der Waals surface area contributed by atoms with Crippen molar-refractivity contribution in [1.29, 1.82) is 0 Å². The van der Waals surface area contributed by atoms with Crippen molar-refractivity contribution in [2.45, 2.75) is 25.8 Å². The van der Waals surface area contributed by atoms with E-state index in [1.165, 1.54) is 41.7 Å². The summed E-state index contributed by atoms with van der Waals surface area (Å²) in [5, 5.41) is 2.16. The molecule has 90 valence electrons. The van der Waals surface area contributed by atoms with Crippen molar-refractivity contribution in [3.05, 3.63) is 20.8 Å². The molecule has 1 unspecified atom stereocenters. The Labute approximate surface area is 115 Å². The molecule has 0 spiro atoms. The van der Waals surface area contributed by atoms with Crippen molar-refractivity contribution in [2.75, 3.05) is 19.0 Å². The first-order valence-corrected chi connectivity index (χ1v) is 8.00. The standard InChI is InChI=1S/C12H17BrClNS/c13-11-6-12(16-9-11)8-15-5-1-2-10(7-15)3-4-14/h6,9-10H,1-5,7-8H2. The normalized spacial score (nSPS) is 22.5. The number of thiophene rings is 1. The molecule has 0 radical (unpaired) electrons. The molecule has 2 rings (SSSR count). The highest BCUT2D eigenvalue weighted by molar-refractivity contribution is 9.10. The van der Waals surface area contributed by atoms with E-state index in [1.54, 1.807) is 0 Å². The van der Waals surface area contributed by atoms with E-state index in [9.17, 15) is 0 Å². The quantitative estimate of drug-likeness (QED) is 0.745. The summed E-state index contributed by atoms with van der Waals surface area (Å²) in [6.07, 6.45) is 3.86. The van der Waals surface area contributed by atoms with Crippen molar-refractivity contribution in [2.24, 2.45) is 5.92 Å². The summed E-state index contributed by atoms with van der Waals surface area (Å²) in [6, 6.07) is 2.23. The maximum Gasteiger partial charge on any atom is 0.0328 e. The molecule has 1 aromatic heterocycles. The van der Waals surface area contributed by atoms with Crippen LogP contribution in [0, 0.1) is 5.92 Å². The maximum atomic E-state index is 5.82. The Balaban J connectivity index is 1.85. The average molecular weight is 323 g/mol. The summed E-state index contributed by atoms with van der Waals surface area (Å²) in [5.74, 6) is 1.62. The zero-order valence-corrected chi connectivity index (χ0v) is 12.5. The van der Waals surface area contributed by atoms with Gasteiger partial charge in [0.2, 0.25) is 0 Å². The third-order valence-electron chi connectivity index (χ3n) is 3.12. The number of nitrogens with zero attached hydrogens (tertiary/aromatic N) is 1. The van der Waals surface area contributed by atoms with Crippen molar-refractivity contribution >= 4 is 38.9 Å². The first kappa shape index (κ1) is 12.9. The molecule has 1 atom stereocenters. The van der Waals surface area contributed by atoms with Crippen molar-refractivity contribution in [3.63, 3.8) is 0 Å². The van der Waals surface area contributed by atoms with Crippen LogP contribution in [0.3, 0.4) is 0 Å². The summed E-state index contributed by atoms with van der Waals surface area (Å²) >= 11 is 11.2. The number of hydrogen-bond donors (Lipinski definition) is 0. The third-order valence-corrected chi connectivity index (χ3v) is 5.02. The monoisotopic (exact) mass is 321 g/mol. The molecule has 2 heterocycles. The van der Waals surface area contributed by atoms with Gasteiger partial charge in [-0.1, -0.05) is 0 Å². The second-order valence-electron chi connectivity index (χ2n) is 4.45. The smallest absolute Gasteiger partial charge is 0.0328 e. The van der Waals surface area contributed by atoms with Gasteiger partial charge in [-0.05, 0) is 53.7 Å². The number of piperidine rings is 1. The number of alkyl halides is 1. The van der Waals surface area contributed by atoms with E-state index in [2.05, 4.69) is 32.3 Å². The minimum atomic E-state index is 0.809. The Hall–Kier alpha value is 0.430. The summed E-state index contributed by atoms with van der Waals surface area (Å²) < 4.78 is 1.21. The van der Waals surface area contributed by atoms with Gasteiger partial charge in [0.1, 0.15) is 0 Å². The molecule has 16 heavy (non-hydrogen) atoms. The van der Waals surface area contributed by atoms with Crippen LogP contribution in [0.2, 0.25) is 0 Å². The van der Waals surface area contributed by atoms with Gasteiger partial charge in [0, 0.05) is 33.7 Å². The molecule has 1 aromatic rings. The van der Waals surface area contributed by atoms with Gasteiger partial charge < -0.3 is 0 Å². The second kappa shape index (κ2) is 6.39. The van der Waals surface area contributed by atoms with E-state index >= 15 is 0 Å². The van der Waals surface area contributed by atoms with Crippen LogP contribution in [0.15, 0.2) is 15.9 Å². The fourth-order valence-corrected chi connectivity index (χ4v) is 4.14. The van der Waals surface area contributed by atoms with Gasteiger partial charge in [-0.25, -0.2) is 0 Å². The zero-order valence-electron chi connectivity index (χ0n) is 9.29. The van der Waals surface area contributed by atoms with E-state index in [0.717, 1.165) is 18.3 Å². The molecule has 0 bridgehead atoms. The minimum absolute atomic E-state index is 0.809. The van der Waals surface area contributed by atoms with Crippen LogP contribution in [-0.2, 0) is 6.54 Å². The Morgan fingerprint density at radius 3 is 3.12 bits per heavy atom. The fraction of sp³-hybridized carbons (Fsp3) is 0.667. The summed E-state index contributed by atoms with van der Waals surface area (Å²) in [7, 11) is 0. The van der Waals surface area contributed by atoms with Crippen LogP contribution in [0.25, 0.3) is 0 Å². The lowest BCUT2D eigenvalue weighted by Crippen LogP contribution is -2.34. The molecule has 1 saturated heterocycles. The molecule has 0 saturated carbocycles. The van der Waals surface area contributed by atoms with Crippen molar-refractivity contribution < 1.29 is 0 Å². The highest BCUT2D eigenvalue weighted by Gasteiger charge is 2.19. The molecule has 0 N–H and O–H groups in total. The highest BCUT2D eigenvalue weighted by atomic mass is 79.9. The van der Waals surface area contributed by atoms with Crippen LogP contribution in [0.1, 0.15) is 24.1 Å². The Bertz CT molecular complexity index is 327. The lowest BCUT2D eigenvalue weighted by atomic mass is 9.95. The van der Waals surface area contributed by atoms with Crippen LogP contribution in [0.4, 0.5) is 0 Å². The molecule has 1 nitrogen and oxygen atoms in total. The minimum Gasteiger partial charge on any atom is -0.298 e. The van der Waals surface area contributed by atoms with E-state index in [-0.39, 0.29) is 0 Å². The zero-order chi connectivity index (χ0) is 11.4. The lowest BCUT2D eigenvalue weighted by Gasteiger charge is -2.32. The predicted octanol–water partition coefficient (Wildman–Crippen LogP) is 4.35. The van der Waals surface area contributed by atoms with Gasteiger partial charge >= 0.3 is 0 Å². The first-order chi connectivity index (χ1) is 7.78. The van der Waals surface area contributed by atoms with Crippen LogP contribution in [0.5, 0.6) is 0 Å². The summed E-state index contributed by atoms with van der Waals surface area (Å²) in [6.45, 7) is 3.57. The van der Waals surface area contributed by atoms with E-state index in [0.29, 0.717) is 0 Å². The van der Waals surface area contributed by atoms with Gasteiger partial charge in [0.15, 0.2) is 0 Å². The number of likely N-dealkylation sites (tertiary alicyclic amines) is 1. The van der Waals surface area contributed by atoms with Crippen LogP contribution in [-0.4, -0.2) is 23.9 Å². The lowest BCUT2D eigenvalue weighted by molar-refractivity contribution is 0.166. The van der Waals surface area contributed by atoms with E-state index in [4.69, 9.17) is 11.6 Å². The molecule has 0 aliphatic carbocycles. The Kier molecular flexibility index (Phi) is 5.14. The van der Waals surface area contributed by atoms with Crippen LogP contribution < -0.4 is 0 Å². The summed E-state index contributed by atoms with van der Waals surface area (Å²) in [4.78, 5) is 4.03. The van der Waals surface area contributed by atoms with Crippen LogP contribution >= 0.6 is 38.9 Å². The molecule has 1 fully saturated rings.